The van der Waals surface area contributed by atoms with Crippen LogP contribution in [0.15, 0.2) is 83.8 Å². The second-order valence-electron chi connectivity index (χ2n) is 7.99. The van der Waals surface area contributed by atoms with Crippen LogP contribution in [0.5, 0.6) is 0 Å². The van der Waals surface area contributed by atoms with Crippen molar-refractivity contribution in [2.75, 3.05) is 13.1 Å². The van der Waals surface area contributed by atoms with Gasteiger partial charge in [0.2, 0.25) is 10.0 Å². The number of hydrogen-bond donors (Lipinski definition) is 1. The molecule has 0 amide bonds. The van der Waals surface area contributed by atoms with Crippen LogP contribution >= 0.6 is 0 Å². The molecule has 0 spiro atoms. The number of likely N-dealkylation sites (tertiary alicyclic amines) is 1. The van der Waals surface area contributed by atoms with Gasteiger partial charge in [-0.3, -0.25) is 9.69 Å². The molecule has 0 bridgehead atoms. The Labute approximate surface area is 183 Å². The number of ketones is 1. The van der Waals surface area contributed by atoms with Crippen molar-refractivity contribution in [2.45, 2.75) is 30.8 Å². The minimum absolute atomic E-state index is 0.134. The zero-order chi connectivity index (χ0) is 21.8. The number of carbonyl (C=O) groups excluding carboxylic acids is 1. The Balaban J connectivity index is 1.36. The molecule has 1 aliphatic rings. The van der Waals surface area contributed by atoms with E-state index in [1.54, 1.807) is 12.1 Å². The number of nitrogens with one attached hydrogen (secondary N) is 1. The van der Waals surface area contributed by atoms with Crippen LogP contribution in [0.4, 0.5) is 0 Å². The maximum absolute atomic E-state index is 12.8. The lowest BCUT2D eigenvalue weighted by molar-refractivity contribution is 0.101. The molecule has 0 aromatic heterocycles. The largest absolute Gasteiger partial charge is 0.297 e. The van der Waals surface area contributed by atoms with E-state index in [4.69, 9.17) is 0 Å². The van der Waals surface area contributed by atoms with E-state index in [2.05, 4.69) is 46.0 Å². The molecule has 1 N–H and O–H groups in total. The quantitative estimate of drug-likeness (QED) is 0.569. The van der Waals surface area contributed by atoms with E-state index in [-0.39, 0.29) is 16.7 Å². The van der Waals surface area contributed by atoms with Crippen molar-refractivity contribution in [1.82, 2.24) is 9.62 Å². The van der Waals surface area contributed by atoms with Crippen molar-refractivity contribution in [3.05, 3.63) is 90.0 Å². The summed E-state index contributed by atoms with van der Waals surface area (Å²) in [7, 11) is -3.66. The normalized spacial score (nSPS) is 17.0. The topological polar surface area (TPSA) is 66.5 Å². The number of Topliss-reactive ketones (excluding diaryl/α,β-unsaturated/α-hetero) is 1. The summed E-state index contributed by atoms with van der Waals surface area (Å²) >= 11 is 0. The van der Waals surface area contributed by atoms with E-state index in [1.807, 2.05) is 18.2 Å². The Morgan fingerprint density at radius 3 is 2.39 bits per heavy atom. The van der Waals surface area contributed by atoms with Crippen LogP contribution < -0.4 is 4.72 Å². The summed E-state index contributed by atoms with van der Waals surface area (Å²) in [5.41, 5.74) is 3.98. The maximum Gasteiger partial charge on any atom is 0.240 e. The molecule has 1 atom stereocenters. The summed E-state index contributed by atoms with van der Waals surface area (Å²) in [6.07, 6.45) is 0.758. The van der Waals surface area contributed by atoms with Gasteiger partial charge in [-0.1, -0.05) is 66.7 Å². The molecular weight excluding hydrogens is 408 g/mol. The second-order valence-corrected chi connectivity index (χ2v) is 9.70. The van der Waals surface area contributed by atoms with E-state index in [0.717, 1.165) is 19.5 Å². The molecule has 0 radical (unpaired) electrons. The van der Waals surface area contributed by atoms with Crippen LogP contribution in [0.25, 0.3) is 11.1 Å². The van der Waals surface area contributed by atoms with Crippen molar-refractivity contribution in [1.29, 1.82) is 0 Å². The van der Waals surface area contributed by atoms with Crippen LogP contribution in [0, 0.1) is 0 Å². The van der Waals surface area contributed by atoms with E-state index < -0.39 is 10.0 Å². The molecule has 0 saturated carbocycles. The Bertz CT molecular complexity index is 1160. The molecule has 1 saturated heterocycles. The van der Waals surface area contributed by atoms with Crippen LogP contribution in [-0.2, 0) is 16.6 Å². The first-order valence-electron chi connectivity index (χ1n) is 10.4. The van der Waals surface area contributed by atoms with Gasteiger partial charge in [-0.2, -0.15) is 0 Å². The van der Waals surface area contributed by atoms with Gasteiger partial charge in [-0.15, -0.1) is 0 Å². The molecule has 4 rings (SSSR count). The van der Waals surface area contributed by atoms with Gasteiger partial charge in [0.1, 0.15) is 0 Å². The van der Waals surface area contributed by atoms with Crippen molar-refractivity contribution >= 4 is 15.8 Å². The van der Waals surface area contributed by atoms with Crippen LogP contribution in [0.2, 0.25) is 0 Å². The van der Waals surface area contributed by atoms with Crippen molar-refractivity contribution in [3.8, 4) is 11.1 Å². The van der Waals surface area contributed by atoms with Gasteiger partial charge in [-0.25, -0.2) is 13.1 Å². The summed E-state index contributed by atoms with van der Waals surface area (Å²) in [6, 6.07) is 24.8. The molecule has 1 heterocycles. The number of nitrogens with zero attached hydrogens (tertiary/aromatic N) is 1. The lowest BCUT2D eigenvalue weighted by atomic mass is 10.0. The molecule has 6 heteroatoms. The lowest BCUT2D eigenvalue weighted by Gasteiger charge is -2.17. The predicted octanol–water partition coefficient (Wildman–Crippen LogP) is 4.11. The summed E-state index contributed by atoms with van der Waals surface area (Å²) in [5, 5.41) is 0. The van der Waals surface area contributed by atoms with Crippen LogP contribution in [0.3, 0.4) is 0 Å². The summed E-state index contributed by atoms with van der Waals surface area (Å²) < 4.78 is 28.3. The van der Waals surface area contributed by atoms with E-state index in [9.17, 15) is 13.2 Å². The van der Waals surface area contributed by atoms with Gasteiger partial charge < -0.3 is 0 Å². The van der Waals surface area contributed by atoms with Crippen molar-refractivity contribution < 1.29 is 13.2 Å². The molecule has 31 heavy (non-hydrogen) atoms. The second kappa shape index (κ2) is 9.14. The van der Waals surface area contributed by atoms with Gasteiger partial charge in [0.25, 0.3) is 0 Å². The summed E-state index contributed by atoms with van der Waals surface area (Å²) in [5.74, 6) is -0.151. The van der Waals surface area contributed by atoms with E-state index >= 15 is 0 Å². The van der Waals surface area contributed by atoms with Gasteiger partial charge in [0.15, 0.2) is 5.78 Å². The fraction of sp³-hybridized carbons (Fsp3) is 0.240. The van der Waals surface area contributed by atoms with Gasteiger partial charge in [0, 0.05) is 31.2 Å². The fourth-order valence-electron chi connectivity index (χ4n) is 3.93. The Hall–Kier alpha value is -2.80. The first kappa shape index (κ1) is 21.4. The smallest absolute Gasteiger partial charge is 0.240 e. The Kier molecular flexibility index (Phi) is 6.32. The minimum atomic E-state index is -3.66. The predicted molar refractivity (Wildman–Crippen MR) is 122 cm³/mol. The van der Waals surface area contributed by atoms with Crippen LogP contribution in [-0.4, -0.2) is 38.2 Å². The molecule has 5 nitrogen and oxygen atoms in total. The number of hydrogen-bond acceptors (Lipinski definition) is 4. The third-order valence-corrected chi connectivity index (χ3v) is 7.13. The Morgan fingerprint density at radius 2 is 1.68 bits per heavy atom. The highest BCUT2D eigenvalue weighted by Crippen LogP contribution is 2.21. The van der Waals surface area contributed by atoms with Crippen molar-refractivity contribution in [2.24, 2.45) is 0 Å². The summed E-state index contributed by atoms with van der Waals surface area (Å²) in [6.45, 7) is 3.71. The highest BCUT2D eigenvalue weighted by atomic mass is 32.2. The summed E-state index contributed by atoms with van der Waals surface area (Å²) in [4.78, 5) is 14.0. The van der Waals surface area contributed by atoms with E-state index in [1.165, 1.54) is 35.7 Å². The fourth-order valence-corrected chi connectivity index (χ4v) is 5.24. The first-order valence-corrected chi connectivity index (χ1v) is 11.9. The molecule has 3 aromatic rings. The number of carbonyl (C=O) groups is 1. The van der Waals surface area contributed by atoms with E-state index in [0.29, 0.717) is 12.1 Å². The van der Waals surface area contributed by atoms with Gasteiger partial charge >= 0.3 is 0 Å². The molecule has 0 aliphatic carbocycles. The monoisotopic (exact) mass is 434 g/mol. The van der Waals surface area contributed by atoms with Gasteiger partial charge in [-0.05, 0) is 42.2 Å². The lowest BCUT2D eigenvalue weighted by Crippen LogP contribution is -2.37. The average Bonchev–Trinajstić information content (AvgIpc) is 3.21. The highest BCUT2D eigenvalue weighted by Gasteiger charge is 2.27. The minimum Gasteiger partial charge on any atom is -0.297 e. The number of sulfonamides is 1. The molecule has 1 aliphatic heterocycles. The molecule has 1 fully saturated rings. The third kappa shape index (κ3) is 5.28. The third-order valence-electron chi connectivity index (χ3n) is 5.61. The maximum atomic E-state index is 12.8. The van der Waals surface area contributed by atoms with Crippen LogP contribution in [0.1, 0.15) is 29.3 Å². The SMILES string of the molecule is CC(=O)c1cccc(S(=O)(=O)N[C@@H]2CCN(Cc3ccc(-c4ccccc4)cc3)C2)c1. The average molecular weight is 435 g/mol. The molecule has 0 unspecified atom stereocenters. The number of rotatable bonds is 7. The zero-order valence-electron chi connectivity index (χ0n) is 17.5. The first-order chi connectivity index (χ1) is 14.9. The molecule has 160 valence electrons. The highest BCUT2D eigenvalue weighted by molar-refractivity contribution is 7.89. The Morgan fingerprint density at radius 1 is 0.968 bits per heavy atom. The zero-order valence-corrected chi connectivity index (χ0v) is 18.3. The van der Waals surface area contributed by atoms with Gasteiger partial charge in [0.05, 0.1) is 4.90 Å². The molecule has 3 aromatic carbocycles. The number of benzene rings is 3. The van der Waals surface area contributed by atoms with Crippen molar-refractivity contribution in [3.63, 3.8) is 0 Å². The molecular formula is C25H26N2O3S. The standard InChI is InChI=1S/C25H26N2O3S/c1-19(28)23-8-5-9-25(16-23)31(29,30)26-24-14-15-27(18-24)17-20-10-12-22(13-11-20)21-6-3-2-4-7-21/h2-13,16,24,26H,14-15,17-18H2,1H3/t24-/m1/s1.